The van der Waals surface area contributed by atoms with Gasteiger partial charge < -0.3 is 10.2 Å². The number of carbonyl (C=O) groups excluding carboxylic acids is 1. The van der Waals surface area contributed by atoms with E-state index in [1.807, 2.05) is 35.2 Å². The quantitative estimate of drug-likeness (QED) is 0.881. The van der Waals surface area contributed by atoms with Crippen LogP contribution < -0.4 is 5.32 Å². The van der Waals surface area contributed by atoms with Crippen LogP contribution in [0.4, 0.5) is 0 Å². The summed E-state index contributed by atoms with van der Waals surface area (Å²) in [6.45, 7) is 3.89. The van der Waals surface area contributed by atoms with Crippen molar-refractivity contribution in [2.24, 2.45) is 11.8 Å². The number of halogens is 1. The summed E-state index contributed by atoms with van der Waals surface area (Å²) in [7, 11) is 0. The molecule has 2 fully saturated rings. The highest BCUT2D eigenvalue weighted by Crippen LogP contribution is 2.26. The topological polar surface area (TPSA) is 75.9 Å². The van der Waals surface area contributed by atoms with Gasteiger partial charge in [0.05, 0.1) is 0 Å². The van der Waals surface area contributed by atoms with Crippen LogP contribution in [-0.2, 0) is 11.3 Å². The van der Waals surface area contributed by atoms with Crippen molar-refractivity contribution in [1.29, 1.82) is 0 Å². The van der Waals surface area contributed by atoms with E-state index in [1.165, 1.54) is 4.80 Å². The Labute approximate surface area is 140 Å². The number of rotatable bonds is 3. The van der Waals surface area contributed by atoms with Crippen molar-refractivity contribution in [2.45, 2.75) is 6.54 Å². The Hall–Kier alpha value is -1.99. The Kier molecular flexibility index (Phi) is 4.58. The monoisotopic (exact) mass is 334 g/mol. The molecule has 2 saturated heterocycles. The van der Waals surface area contributed by atoms with E-state index in [4.69, 9.17) is 0 Å². The molecule has 1 N–H and O–H groups in total. The number of aromatic nitrogens is 4. The molecular formula is C15H19ClN6O. The summed E-state index contributed by atoms with van der Waals surface area (Å²) < 4.78 is 0. The maximum absolute atomic E-state index is 12.4. The molecule has 3 heterocycles. The van der Waals surface area contributed by atoms with Crippen molar-refractivity contribution in [3.05, 3.63) is 30.3 Å². The van der Waals surface area contributed by atoms with Gasteiger partial charge in [-0.15, -0.1) is 22.6 Å². The molecule has 0 spiro atoms. The van der Waals surface area contributed by atoms with Crippen molar-refractivity contribution in [3.63, 3.8) is 0 Å². The van der Waals surface area contributed by atoms with Crippen LogP contribution >= 0.6 is 12.4 Å². The number of hydrogen-bond donors (Lipinski definition) is 1. The van der Waals surface area contributed by atoms with Gasteiger partial charge in [0.1, 0.15) is 6.54 Å². The SMILES string of the molecule is Cl.O=C(Cn1nnc(-c2ccccc2)n1)N1C[C@H]2CNC[C@H]2C1. The van der Waals surface area contributed by atoms with Gasteiger partial charge in [-0.1, -0.05) is 30.3 Å². The second kappa shape index (κ2) is 6.64. The van der Waals surface area contributed by atoms with Crippen LogP contribution in [0.1, 0.15) is 0 Å². The Morgan fingerprint density at radius 2 is 1.87 bits per heavy atom. The first-order chi connectivity index (χ1) is 10.8. The molecule has 0 unspecified atom stereocenters. The molecule has 23 heavy (non-hydrogen) atoms. The Bertz CT molecular complexity index is 664. The van der Waals surface area contributed by atoms with Gasteiger partial charge in [0, 0.05) is 31.7 Å². The van der Waals surface area contributed by atoms with Gasteiger partial charge in [0.15, 0.2) is 0 Å². The Morgan fingerprint density at radius 1 is 1.17 bits per heavy atom. The first kappa shape index (κ1) is 15.9. The number of nitrogens with zero attached hydrogens (tertiary/aromatic N) is 5. The molecule has 1 amide bonds. The standard InChI is InChI=1S/C15H18N6O.ClH/c22-14(20-8-12-6-16-7-13(12)9-20)10-21-18-15(17-19-21)11-4-2-1-3-5-11;/h1-5,12-13,16H,6-10H2;1H/t12-,13+;. The van der Waals surface area contributed by atoms with Crippen molar-refractivity contribution in [3.8, 4) is 11.4 Å². The van der Waals surface area contributed by atoms with Crippen molar-refractivity contribution in [1.82, 2.24) is 30.4 Å². The fraction of sp³-hybridized carbons (Fsp3) is 0.467. The molecule has 7 nitrogen and oxygen atoms in total. The zero-order chi connectivity index (χ0) is 14.9. The minimum atomic E-state index is 0. The third kappa shape index (κ3) is 3.20. The number of likely N-dealkylation sites (tertiary alicyclic amines) is 1. The number of fused-ring (bicyclic) bond motifs is 1. The summed E-state index contributed by atoms with van der Waals surface area (Å²) in [5, 5.41) is 15.7. The van der Waals surface area contributed by atoms with Crippen LogP contribution in [0.3, 0.4) is 0 Å². The van der Waals surface area contributed by atoms with Crippen LogP contribution in [0.5, 0.6) is 0 Å². The van der Waals surface area contributed by atoms with Crippen LogP contribution in [0, 0.1) is 11.8 Å². The first-order valence-electron chi connectivity index (χ1n) is 7.61. The van der Waals surface area contributed by atoms with Crippen LogP contribution in [-0.4, -0.2) is 57.2 Å². The predicted molar refractivity (Wildman–Crippen MR) is 86.9 cm³/mol. The molecule has 2 atom stereocenters. The highest BCUT2D eigenvalue weighted by molar-refractivity contribution is 5.85. The highest BCUT2D eigenvalue weighted by atomic mass is 35.5. The summed E-state index contributed by atoms with van der Waals surface area (Å²) in [6.07, 6.45) is 0. The number of nitrogens with one attached hydrogen (secondary N) is 1. The van der Waals surface area contributed by atoms with Gasteiger partial charge >= 0.3 is 0 Å². The molecular weight excluding hydrogens is 316 g/mol. The molecule has 1 aromatic carbocycles. The Balaban J connectivity index is 0.00000156. The molecule has 2 aromatic rings. The van der Waals surface area contributed by atoms with Gasteiger partial charge in [0.2, 0.25) is 11.7 Å². The van der Waals surface area contributed by atoms with E-state index in [1.54, 1.807) is 0 Å². The third-order valence-electron chi connectivity index (χ3n) is 4.50. The minimum absolute atomic E-state index is 0. The van der Waals surface area contributed by atoms with Crippen LogP contribution in [0.25, 0.3) is 11.4 Å². The smallest absolute Gasteiger partial charge is 0.246 e. The van der Waals surface area contributed by atoms with Crippen LogP contribution in [0.2, 0.25) is 0 Å². The summed E-state index contributed by atoms with van der Waals surface area (Å²) in [4.78, 5) is 15.7. The fourth-order valence-electron chi connectivity index (χ4n) is 3.29. The van der Waals surface area contributed by atoms with E-state index in [9.17, 15) is 4.79 Å². The van der Waals surface area contributed by atoms with Crippen molar-refractivity contribution < 1.29 is 4.79 Å². The number of amides is 1. The van der Waals surface area contributed by atoms with E-state index in [-0.39, 0.29) is 24.9 Å². The highest BCUT2D eigenvalue weighted by Gasteiger charge is 2.38. The number of hydrogen-bond acceptors (Lipinski definition) is 5. The zero-order valence-corrected chi connectivity index (χ0v) is 13.4. The van der Waals surface area contributed by atoms with Crippen molar-refractivity contribution >= 4 is 18.3 Å². The summed E-state index contributed by atoms with van der Waals surface area (Å²) >= 11 is 0. The molecule has 4 rings (SSSR count). The predicted octanol–water partition coefficient (Wildman–Crippen LogP) is 0.440. The zero-order valence-electron chi connectivity index (χ0n) is 12.6. The third-order valence-corrected chi connectivity index (χ3v) is 4.50. The molecule has 122 valence electrons. The molecule has 2 aliphatic heterocycles. The van der Waals surface area contributed by atoms with Gasteiger partial charge in [-0.05, 0) is 17.0 Å². The van der Waals surface area contributed by atoms with Gasteiger partial charge in [-0.2, -0.15) is 4.80 Å². The lowest BCUT2D eigenvalue weighted by Gasteiger charge is -2.16. The fourth-order valence-corrected chi connectivity index (χ4v) is 3.29. The maximum atomic E-state index is 12.4. The molecule has 8 heteroatoms. The lowest BCUT2D eigenvalue weighted by atomic mass is 10.0. The first-order valence-corrected chi connectivity index (χ1v) is 7.61. The maximum Gasteiger partial charge on any atom is 0.246 e. The van der Waals surface area contributed by atoms with Gasteiger partial charge in [0.25, 0.3) is 0 Å². The average molecular weight is 335 g/mol. The second-order valence-corrected chi connectivity index (χ2v) is 5.99. The van der Waals surface area contributed by atoms with E-state index < -0.39 is 0 Å². The minimum Gasteiger partial charge on any atom is -0.340 e. The van der Waals surface area contributed by atoms with Crippen molar-refractivity contribution in [2.75, 3.05) is 26.2 Å². The summed E-state index contributed by atoms with van der Waals surface area (Å²) in [6, 6.07) is 9.66. The second-order valence-electron chi connectivity index (χ2n) is 5.99. The van der Waals surface area contributed by atoms with Crippen LogP contribution in [0.15, 0.2) is 30.3 Å². The lowest BCUT2D eigenvalue weighted by Crippen LogP contribution is -2.34. The Morgan fingerprint density at radius 3 is 2.57 bits per heavy atom. The molecule has 2 aliphatic rings. The largest absolute Gasteiger partial charge is 0.340 e. The summed E-state index contributed by atoms with van der Waals surface area (Å²) in [5.74, 6) is 1.84. The molecule has 0 bridgehead atoms. The van der Waals surface area contributed by atoms with Gasteiger partial charge in [-0.3, -0.25) is 4.79 Å². The molecule has 1 aromatic heterocycles. The lowest BCUT2D eigenvalue weighted by molar-refractivity contribution is -0.131. The summed E-state index contributed by atoms with van der Waals surface area (Å²) in [5.41, 5.74) is 0.906. The number of benzene rings is 1. The van der Waals surface area contributed by atoms with E-state index >= 15 is 0 Å². The van der Waals surface area contributed by atoms with E-state index in [0.29, 0.717) is 17.7 Å². The van der Waals surface area contributed by atoms with Gasteiger partial charge in [-0.25, -0.2) is 0 Å². The molecule has 0 saturated carbocycles. The molecule has 0 aliphatic carbocycles. The number of carbonyl (C=O) groups is 1. The van der Waals surface area contributed by atoms with E-state index in [0.717, 1.165) is 31.7 Å². The number of tetrazole rings is 1. The average Bonchev–Trinajstić information content (AvgIpc) is 3.23. The normalized spacial score (nSPS) is 22.7. The molecule has 0 radical (unpaired) electrons. The van der Waals surface area contributed by atoms with E-state index in [2.05, 4.69) is 20.7 Å².